The van der Waals surface area contributed by atoms with Crippen molar-refractivity contribution in [1.82, 2.24) is 16.8 Å². The number of unbranched alkanes of at least 4 members (excludes halogenated alkanes) is 24. The molecule has 0 radical (unpaired) electrons. The maximum atomic E-state index is 13.4. The summed E-state index contributed by atoms with van der Waals surface area (Å²) in [6.07, 6.45) is 1.68. The second kappa shape index (κ2) is 43.1. The van der Waals surface area contributed by atoms with Gasteiger partial charge in [-0.3, -0.25) is 9.59 Å². The Morgan fingerprint density at radius 3 is 1.71 bits per heavy atom. The average Bonchev–Trinajstić information content (AvgIpc) is 1.06. The Balaban J connectivity index is 0.0000252. The summed E-state index contributed by atoms with van der Waals surface area (Å²) < 4.78 is 56.4. The molecule has 0 unspecified atom stereocenters. The van der Waals surface area contributed by atoms with Crippen LogP contribution in [0, 0.1) is 0 Å². The van der Waals surface area contributed by atoms with Gasteiger partial charge < -0.3 is 111 Å². The van der Waals surface area contributed by atoms with E-state index < -0.39 is 161 Å². The van der Waals surface area contributed by atoms with Crippen LogP contribution in [-0.2, 0) is 42.8 Å². The molecule has 0 bridgehead atoms. The minimum Gasteiger partial charge on any atom is -0.544 e. The third-order valence-corrected chi connectivity index (χ3v) is 15.8. The van der Waals surface area contributed by atoms with Crippen molar-refractivity contribution in [2.45, 2.75) is 317 Å². The number of aliphatic carboxylic acids is 1. The van der Waals surface area contributed by atoms with Crippen LogP contribution in [0.15, 0.2) is 12.2 Å². The van der Waals surface area contributed by atoms with Gasteiger partial charge >= 0.3 is 0 Å². The van der Waals surface area contributed by atoms with Crippen molar-refractivity contribution < 1.29 is 108 Å². The van der Waals surface area contributed by atoms with Crippen LogP contribution in [0.5, 0.6) is 0 Å². The molecule has 83 heavy (non-hydrogen) atoms. The van der Waals surface area contributed by atoms with Gasteiger partial charge in [0.2, 0.25) is 17.6 Å². The van der Waals surface area contributed by atoms with Gasteiger partial charge in [0.1, 0.15) is 73.1 Å². The lowest BCUT2D eigenvalue weighted by molar-refractivity contribution is -0.411. The van der Waals surface area contributed by atoms with E-state index in [9.17, 15) is 75.7 Å². The summed E-state index contributed by atoms with van der Waals surface area (Å²) >= 11 is 0. The van der Waals surface area contributed by atoms with E-state index in [-0.39, 0.29) is 24.9 Å². The van der Waals surface area contributed by atoms with Crippen molar-refractivity contribution in [3.05, 3.63) is 12.2 Å². The summed E-state index contributed by atoms with van der Waals surface area (Å²) in [6, 6.07) is -2.67. The molecule has 0 saturated carbocycles. The van der Waals surface area contributed by atoms with Gasteiger partial charge in [0.25, 0.3) is 0 Å². The number of ether oxygens (including phenoxy) is 6. The fourth-order valence-electron chi connectivity index (χ4n) is 10.8. The van der Waals surface area contributed by atoms with Crippen LogP contribution >= 0.6 is 0 Å². The topological polar surface area (TPSA) is 413 Å². The van der Waals surface area contributed by atoms with E-state index >= 15 is 0 Å². The van der Waals surface area contributed by atoms with E-state index in [1.807, 2.05) is 6.08 Å². The monoisotopic (exact) mass is 1200 g/mol. The predicted molar refractivity (Wildman–Crippen MR) is 305 cm³/mol. The first-order chi connectivity index (χ1) is 40.5. The summed E-state index contributed by atoms with van der Waals surface area (Å²) in [6.45, 7) is -2.09. The highest BCUT2D eigenvalue weighted by molar-refractivity contribution is 5.76. The molecule has 0 spiro atoms. The molecule has 24 nitrogen and oxygen atoms in total. The number of hydrogen-bond acceptors (Lipinski definition) is 21. The highest BCUT2D eigenvalue weighted by Gasteiger charge is 2.58. The number of quaternary nitrogens is 1. The standard InChI is InChI=1S/C59H108N2O21.H3N/c1-4-6-8-10-12-14-16-18-19-21-23-25-27-29-31-33-46(69)61-40(41(66)32-30-28-26-24-22-20-17-15-13-11-9-7-5-2)38-77-56-51(73)50(72)53(45(37-64)79-56)80-57-52(74)55(49(71)44(36-63)78-57)82-59(58(75)76)34-42(67)47(60-39(3)65)54(81-59)48(70)43(68)35-62;/h30,32,40-45,47-57,62-64,66-68,70-74H,4-29,31,33-38H2,1-3H3,(H,60,65)(H,61,69)(H,75,76);1H3/b32-30+;/t40-,41+,42-,43+,44+,45+,47+,48+,49-,50+,51+,52+,53+,54+,55-,56+,57-,59-;/m0./s1/i1D3;. The van der Waals surface area contributed by atoms with Gasteiger partial charge in [0.15, 0.2) is 12.6 Å². The second-order valence-electron chi connectivity index (χ2n) is 22.7. The zero-order chi connectivity index (χ0) is 63.0. The van der Waals surface area contributed by atoms with Crippen molar-refractivity contribution in [1.29, 1.82) is 0 Å². The molecular formula is C59H111N3O21. The van der Waals surface area contributed by atoms with Gasteiger partial charge in [0.05, 0.1) is 50.7 Å². The highest BCUT2D eigenvalue weighted by Crippen LogP contribution is 2.38. The molecular weight excluding hydrogens is 1090 g/mol. The van der Waals surface area contributed by atoms with Gasteiger partial charge in [-0.15, -0.1) is 0 Å². The normalized spacial score (nSPS) is 30.6. The molecule has 0 aromatic heterocycles. The van der Waals surface area contributed by atoms with Crippen LogP contribution in [0.25, 0.3) is 0 Å². The van der Waals surface area contributed by atoms with Gasteiger partial charge in [0, 0.05) is 23.9 Å². The van der Waals surface area contributed by atoms with E-state index in [1.165, 1.54) is 57.8 Å². The van der Waals surface area contributed by atoms with Crippen LogP contribution in [0.2, 0.25) is 0 Å². The molecule has 24 heteroatoms. The first-order valence-electron chi connectivity index (χ1n) is 32.2. The summed E-state index contributed by atoms with van der Waals surface area (Å²) in [5.74, 6) is -6.57. The Labute approximate surface area is 496 Å². The van der Waals surface area contributed by atoms with E-state index in [2.05, 4.69) is 17.6 Å². The van der Waals surface area contributed by atoms with E-state index in [0.29, 0.717) is 12.8 Å². The lowest BCUT2D eigenvalue weighted by Crippen LogP contribution is -2.72. The summed E-state index contributed by atoms with van der Waals surface area (Å²) in [5.41, 5.74) is 0. The van der Waals surface area contributed by atoms with E-state index in [1.54, 1.807) is 6.08 Å². The molecule has 3 aliphatic heterocycles. The zero-order valence-corrected chi connectivity index (χ0v) is 49.8. The molecule has 17 N–H and O–H groups in total. The molecule has 3 saturated heterocycles. The number of aliphatic hydroxyl groups is 11. The fraction of sp³-hybridized carbons (Fsp3) is 0.915. The Bertz CT molecular complexity index is 1850. The molecule has 3 aliphatic rings. The maximum absolute atomic E-state index is 13.4. The Morgan fingerprint density at radius 2 is 1.20 bits per heavy atom. The molecule has 0 aromatic rings. The average molecular weight is 1200 g/mol. The van der Waals surface area contributed by atoms with Gasteiger partial charge in [-0.2, -0.15) is 0 Å². The van der Waals surface area contributed by atoms with Crippen LogP contribution in [-0.4, -0.2) is 210 Å². The second-order valence-corrected chi connectivity index (χ2v) is 22.7. The fourth-order valence-corrected chi connectivity index (χ4v) is 10.8. The largest absolute Gasteiger partial charge is 0.544 e. The lowest BCUT2D eigenvalue weighted by Gasteiger charge is -2.52. The molecule has 0 aliphatic carbocycles. The SMILES string of the molecule is [2H]C([2H])([2H])CCCCCCCCCCCCCCCCC(=O)N[C@@H](CO[C@@H]1O[C@H](CO)[C@@H](O[C@@H]2O[C@H](CO)[C@H](O)[C@H](O[C@]3(C(=O)[O-])C[C@H](O)[C@@H](NC(C)=O)[C@H]([C@H](O)[C@H](O)CO)O3)[C@H]2O)[C@H](O)[C@H]1O)[C@H](O)/C=C/CCCCCCCCCCCCC.[NH4+]. The van der Waals surface area contributed by atoms with Crippen molar-refractivity contribution in [3.8, 4) is 0 Å². The van der Waals surface area contributed by atoms with Crippen molar-refractivity contribution in [2.75, 3.05) is 26.4 Å². The number of carbonyl (C=O) groups excluding carboxylic acids is 3. The third-order valence-electron chi connectivity index (χ3n) is 15.8. The quantitative estimate of drug-likeness (QED) is 0.0307. The Hall–Kier alpha value is -2.57. The van der Waals surface area contributed by atoms with Crippen LogP contribution in [0.4, 0.5) is 0 Å². The predicted octanol–water partition coefficient (Wildman–Crippen LogP) is 2.21. The van der Waals surface area contributed by atoms with Crippen molar-refractivity contribution in [2.24, 2.45) is 0 Å². The minimum absolute atomic E-state index is 0. The highest BCUT2D eigenvalue weighted by atomic mass is 16.8. The van der Waals surface area contributed by atoms with Gasteiger partial charge in [-0.25, -0.2) is 0 Å². The zero-order valence-electron chi connectivity index (χ0n) is 52.8. The van der Waals surface area contributed by atoms with Gasteiger partial charge in [-0.05, 0) is 19.3 Å². The van der Waals surface area contributed by atoms with Crippen LogP contribution in [0.1, 0.15) is 211 Å². The van der Waals surface area contributed by atoms with E-state index in [4.69, 9.17) is 32.5 Å². The number of carboxylic acid groups (broad SMARTS) is 1. The summed E-state index contributed by atoms with van der Waals surface area (Å²) in [5, 5.41) is 138. The van der Waals surface area contributed by atoms with Crippen LogP contribution in [0.3, 0.4) is 0 Å². The molecule has 0 aromatic carbocycles. The molecule has 18 atom stereocenters. The third kappa shape index (κ3) is 26.7. The van der Waals surface area contributed by atoms with Crippen molar-refractivity contribution >= 4 is 17.8 Å². The number of aliphatic hydroxyl groups excluding tert-OH is 11. The lowest BCUT2D eigenvalue weighted by atomic mass is 9.88. The number of amides is 2. The number of carboxylic acids is 1. The molecule has 488 valence electrons. The molecule has 3 rings (SSSR count). The smallest absolute Gasteiger partial charge is 0.220 e. The molecule has 2 amide bonds. The summed E-state index contributed by atoms with van der Waals surface area (Å²) in [7, 11) is 0. The minimum atomic E-state index is -3.20. The number of nitrogens with one attached hydrogen (secondary N) is 2. The number of allylic oxidation sites excluding steroid dienone is 1. The van der Waals surface area contributed by atoms with E-state index in [0.717, 1.165) is 103 Å². The number of rotatable bonds is 45. The maximum Gasteiger partial charge on any atom is 0.220 e. The summed E-state index contributed by atoms with van der Waals surface area (Å²) in [4.78, 5) is 38.3. The Kier molecular flexibility index (Phi) is 37.0. The number of hydrogen-bond donors (Lipinski definition) is 14. The van der Waals surface area contributed by atoms with Crippen LogP contribution < -0.4 is 21.9 Å². The molecule has 3 heterocycles. The van der Waals surface area contributed by atoms with Gasteiger partial charge in [-0.1, -0.05) is 180 Å². The Morgan fingerprint density at radius 1 is 0.687 bits per heavy atom. The first-order valence-corrected chi connectivity index (χ1v) is 30.7. The first kappa shape index (κ1) is 71.2. The van der Waals surface area contributed by atoms with Crippen molar-refractivity contribution in [3.63, 3.8) is 0 Å². The number of carbonyl (C=O) groups is 3. The molecule has 3 fully saturated rings.